The second-order valence-electron chi connectivity index (χ2n) is 16.1. The number of carbonyl (C=O) groups is 1. The number of phosphoric acid groups is 1. The number of nitrogens with zero attached hydrogens (tertiary/aromatic N) is 1. The number of carbonyl (C=O) groups excluding carboxylic acids is 1. The number of quaternary nitrogens is 1. The van der Waals surface area contributed by atoms with Crippen molar-refractivity contribution in [3.8, 4) is 0 Å². The third-order valence-electron chi connectivity index (χ3n) is 9.43. The number of esters is 1. The minimum Gasteiger partial charge on any atom is -0.463 e. The van der Waals surface area contributed by atoms with E-state index in [1.807, 2.05) is 21.1 Å². The molecule has 0 aliphatic heterocycles. The predicted octanol–water partition coefficient (Wildman–Crippen LogP) is 13.2. The van der Waals surface area contributed by atoms with Gasteiger partial charge in [0.15, 0.2) is 0 Å². The highest BCUT2D eigenvalue weighted by Crippen LogP contribution is 2.43. The molecule has 0 saturated carbocycles. The molecule has 0 aromatic carbocycles. The zero-order valence-corrected chi connectivity index (χ0v) is 37.3. The molecule has 8 nitrogen and oxygen atoms in total. The highest BCUT2D eigenvalue weighted by Gasteiger charge is 2.25. The molecule has 0 heterocycles. The Morgan fingerprint density at radius 1 is 0.564 bits per heavy atom. The van der Waals surface area contributed by atoms with Crippen LogP contribution in [0.15, 0.2) is 48.6 Å². The summed E-state index contributed by atoms with van der Waals surface area (Å²) in [6, 6.07) is 0. The summed E-state index contributed by atoms with van der Waals surface area (Å²) in [5.41, 5.74) is 0. The maximum atomic E-state index is 12.5. The summed E-state index contributed by atoms with van der Waals surface area (Å²) in [6.07, 6.45) is 47.3. The summed E-state index contributed by atoms with van der Waals surface area (Å²) in [7, 11) is 1.68. The fourth-order valence-electron chi connectivity index (χ4n) is 5.86. The first-order chi connectivity index (χ1) is 26.6. The molecule has 0 radical (unpaired) electrons. The summed E-state index contributed by atoms with van der Waals surface area (Å²) in [5.74, 6) is -0.268. The predicted molar refractivity (Wildman–Crippen MR) is 233 cm³/mol. The van der Waals surface area contributed by atoms with Crippen LogP contribution in [-0.4, -0.2) is 75.6 Å². The molecule has 0 aromatic heterocycles. The number of hydrogen-bond donors (Lipinski definition) is 1. The molecular weight excluding hydrogens is 709 g/mol. The highest BCUT2D eigenvalue weighted by atomic mass is 31.2. The normalized spacial score (nSPS) is 14.2. The minimum absolute atomic E-state index is 0.0202. The second-order valence-corrected chi connectivity index (χ2v) is 17.5. The molecule has 322 valence electrons. The van der Waals surface area contributed by atoms with Crippen LogP contribution in [0, 0.1) is 0 Å². The van der Waals surface area contributed by atoms with Crippen molar-refractivity contribution in [2.24, 2.45) is 0 Å². The lowest BCUT2D eigenvalue weighted by Gasteiger charge is -2.24. The molecule has 0 saturated heterocycles. The lowest BCUT2D eigenvalue weighted by molar-refractivity contribution is -0.870. The number of hydrogen-bond acceptors (Lipinski definition) is 6. The fourth-order valence-corrected chi connectivity index (χ4v) is 6.60. The van der Waals surface area contributed by atoms with Crippen molar-refractivity contribution in [2.75, 3.05) is 54.1 Å². The Morgan fingerprint density at radius 2 is 1.00 bits per heavy atom. The van der Waals surface area contributed by atoms with E-state index in [0.717, 1.165) is 57.8 Å². The first-order valence-corrected chi connectivity index (χ1v) is 23.9. The lowest BCUT2D eigenvalue weighted by Crippen LogP contribution is -2.37. The van der Waals surface area contributed by atoms with Crippen molar-refractivity contribution in [3.63, 3.8) is 0 Å². The second kappa shape index (κ2) is 39.3. The largest absolute Gasteiger partial charge is 0.472 e. The molecule has 55 heavy (non-hydrogen) atoms. The summed E-state index contributed by atoms with van der Waals surface area (Å²) in [6.45, 7) is 5.38. The van der Waals surface area contributed by atoms with Crippen LogP contribution in [0.3, 0.4) is 0 Å². The van der Waals surface area contributed by atoms with Crippen LogP contribution in [0.25, 0.3) is 0 Å². The molecule has 2 atom stereocenters. The Morgan fingerprint density at radius 3 is 1.49 bits per heavy atom. The Balaban J connectivity index is 4.31. The SMILES string of the molecule is CCCCCC=CCC=CCC=CCC=CCCCCO[C@H](COC(=O)CCCCCCCCCCCCCCCCC)COP(=O)(O)OCC[N+](C)(C)C. The summed E-state index contributed by atoms with van der Waals surface area (Å²) in [4.78, 5) is 22.7. The van der Waals surface area contributed by atoms with Gasteiger partial charge < -0.3 is 18.9 Å². The standard InChI is InChI=1S/C46H86NO7P/c1-6-8-10-12-14-16-18-20-22-23-24-26-28-30-32-34-36-38-41-51-45(44-54-55(49,50)53-42-40-47(3,4)5)43-52-46(48)39-37-35-33-31-29-27-25-21-19-17-15-13-11-9-7-2/h14,16,20,22,24,26,30,32,45H,6-13,15,17-19,21,23,25,27-29,31,33-44H2,1-5H3/p+1/t45-/m1/s1. The number of rotatable bonds is 41. The zero-order valence-electron chi connectivity index (χ0n) is 36.4. The molecule has 0 bridgehead atoms. The van der Waals surface area contributed by atoms with Crippen LogP contribution in [0.2, 0.25) is 0 Å². The van der Waals surface area contributed by atoms with Crippen molar-refractivity contribution >= 4 is 13.8 Å². The monoisotopic (exact) mass is 797 g/mol. The van der Waals surface area contributed by atoms with E-state index < -0.39 is 13.9 Å². The van der Waals surface area contributed by atoms with Crippen LogP contribution < -0.4 is 0 Å². The van der Waals surface area contributed by atoms with E-state index in [4.69, 9.17) is 18.5 Å². The average molecular weight is 797 g/mol. The maximum Gasteiger partial charge on any atom is 0.472 e. The molecule has 0 aromatic rings. The van der Waals surface area contributed by atoms with E-state index in [1.165, 1.54) is 103 Å². The molecule has 0 fully saturated rings. The number of allylic oxidation sites excluding steroid dienone is 8. The quantitative estimate of drug-likeness (QED) is 0.0217. The molecule has 1 unspecified atom stereocenters. The van der Waals surface area contributed by atoms with E-state index >= 15 is 0 Å². The van der Waals surface area contributed by atoms with Crippen LogP contribution >= 0.6 is 7.82 Å². The number of ether oxygens (including phenoxy) is 2. The van der Waals surface area contributed by atoms with Gasteiger partial charge in [-0.2, -0.15) is 0 Å². The fraction of sp³-hybridized carbons (Fsp3) is 0.804. The molecule has 0 aliphatic carbocycles. The Bertz CT molecular complexity index is 1020. The Labute approximate surface area is 339 Å². The molecule has 0 amide bonds. The van der Waals surface area contributed by atoms with Gasteiger partial charge in [-0.1, -0.05) is 165 Å². The zero-order chi connectivity index (χ0) is 40.6. The van der Waals surface area contributed by atoms with Crippen molar-refractivity contribution in [1.82, 2.24) is 0 Å². The average Bonchev–Trinajstić information content (AvgIpc) is 3.14. The molecule has 0 rings (SSSR count). The van der Waals surface area contributed by atoms with E-state index in [1.54, 1.807) is 0 Å². The van der Waals surface area contributed by atoms with Gasteiger partial charge in [-0.15, -0.1) is 0 Å². The van der Waals surface area contributed by atoms with E-state index in [2.05, 4.69) is 62.5 Å². The van der Waals surface area contributed by atoms with Gasteiger partial charge in [0.1, 0.15) is 25.9 Å². The third kappa shape index (κ3) is 43.4. The van der Waals surface area contributed by atoms with Crippen molar-refractivity contribution in [3.05, 3.63) is 48.6 Å². The summed E-state index contributed by atoms with van der Waals surface area (Å²) in [5, 5.41) is 0. The lowest BCUT2D eigenvalue weighted by atomic mass is 10.0. The van der Waals surface area contributed by atoms with E-state index in [-0.39, 0.29) is 25.8 Å². The van der Waals surface area contributed by atoms with Crippen LogP contribution in [0.5, 0.6) is 0 Å². The molecule has 9 heteroatoms. The van der Waals surface area contributed by atoms with Gasteiger partial charge in [0.2, 0.25) is 0 Å². The smallest absolute Gasteiger partial charge is 0.463 e. The first-order valence-electron chi connectivity index (χ1n) is 22.4. The minimum atomic E-state index is -4.26. The van der Waals surface area contributed by atoms with Gasteiger partial charge >= 0.3 is 13.8 Å². The van der Waals surface area contributed by atoms with Gasteiger partial charge in [-0.05, 0) is 57.8 Å². The van der Waals surface area contributed by atoms with Crippen LogP contribution in [-0.2, 0) is 27.9 Å². The van der Waals surface area contributed by atoms with Crippen LogP contribution in [0.1, 0.15) is 181 Å². The number of unbranched alkanes of at least 4 members (excludes halogenated alkanes) is 19. The number of phosphoric ester groups is 1. The maximum absolute atomic E-state index is 12.5. The highest BCUT2D eigenvalue weighted by molar-refractivity contribution is 7.47. The molecular formula is C46H87NO7P+. The van der Waals surface area contributed by atoms with Gasteiger partial charge in [-0.25, -0.2) is 4.57 Å². The van der Waals surface area contributed by atoms with Crippen molar-refractivity contribution < 1.29 is 37.3 Å². The molecule has 1 N–H and O–H groups in total. The Hall–Kier alpha value is -1.54. The van der Waals surface area contributed by atoms with E-state index in [0.29, 0.717) is 24.1 Å². The topological polar surface area (TPSA) is 91.3 Å². The molecule has 0 spiro atoms. The summed E-state index contributed by atoms with van der Waals surface area (Å²) < 4.78 is 35.0. The van der Waals surface area contributed by atoms with Gasteiger partial charge in [-0.3, -0.25) is 13.8 Å². The third-order valence-corrected chi connectivity index (χ3v) is 10.4. The van der Waals surface area contributed by atoms with Gasteiger partial charge in [0.25, 0.3) is 0 Å². The van der Waals surface area contributed by atoms with Crippen LogP contribution in [0.4, 0.5) is 0 Å². The van der Waals surface area contributed by atoms with Crippen molar-refractivity contribution in [2.45, 2.75) is 187 Å². The van der Waals surface area contributed by atoms with Crippen molar-refractivity contribution in [1.29, 1.82) is 0 Å². The van der Waals surface area contributed by atoms with Gasteiger partial charge in [0.05, 0.1) is 27.7 Å². The molecule has 0 aliphatic rings. The van der Waals surface area contributed by atoms with Gasteiger partial charge in [0, 0.05) is 13.0 Å². The first kappa shape index (κ1) is 53.5. The van der Waals surface area contributed by atoms with E-state index in [9.17, 15) is 14.3 Å². The summed E-state index contributed by atoms with van der Waals surface area (Å²) >= 11 is 0. The number of likely N-dealkylation sites (N-methyl/N-ethyl adjacent to an activating group) is 1. The Kier molecular flexibility index (Phi) is 38.2.